The van der Waals surface area contributed by atoms with Gasteiger partial charge in [-0.05, 0) is 126 Å². The summed E-state index contributed by atoms with van der Waals surface area (Å²) in [6.07, 6.45) is 0. The summed E-state index contributed by atoms with van der Waals surface area (Å²) in [7, 11) is 0. The van der Waals surface area contributed by atoms with Crippen LogP contribution in [0.1, 0.15) is 0 Å². The summed E-state index contributed by atoms with van der Waals surface area (Å²) >= 11 is 0. The smallest absolute Gasteiger partial charge is 0.150 e. The topological polar surface area (TPSA) is 6.48 Å². The summed E-state index contributed by atoms with van der Waals surface area (Å²) in [5.74, 6) is -2.88. The predicted octanol–water partition coefficient (Wildman–Crippen LogP) is 17.7. The molecule has 0 amide bonds. The van der Waals surface area contributed by atoms with E-state index in [2.05, 4.69) is 0 Å². The number of fused-ring (bicyclic) bond motifs is 2. The van der Waals surface area contributed by atoms with Crippen molar-refractivity contribution in [3.63, 3.8) is 0 Å². The summed E-state index contributed by atoms with van der Waals surface area (Å²) in [6, 6.07) is 67.0. The van der Waals surface area contributed by atoms with Gasteiger partial charge in [-0.25, -0.2) is 17.6 Å². The van der Waals surface area contributed by atoms with Crippen molar-refractivity contribution >= 4 is 88.0 Å². The molecule has 0 heterocycles. The van der Waals surface area contributed by atoms with Crippen LogP contribution in [0.5, 0.6) is 0 Å². The number of hydrogen-bond acceptors (Lipinski definition) is 2. The zero-order chi connectivity index (χ0) is 44.5. The van der Waals surface area contributed by atoms with E-state index in [-0.39, 0.29) is 11.4 Å². The molecule has 0 saturated heterocycles. The Kier molecular flexibility index (Phi) is 9.28. The number of nitrogens with zero attached hydrogens (tertiary/aromatic N) is 2. The molecule has 0 aromatic heterocycles. The van der Waals surface area contributed by atoms with Gasteiger partial charge in [-0.1, -0.05) is 158 Å². The van der Waals surface area contributed by atoms with E-state index in [9.17, 15) is 0 Å². The number of hydrogen-bond donors (Lipinski definition) is 0. The van der Waals surface area contributed by atoms with Gasteiger partial charge in [0.05, 0.1) is 11.4 Å². The van der Waals surface area contributed by atoms with Crippen LogP contribution in [0.15, 0.2) is 218 Å². The molecule has 2 nitrogen and oxygen atoms in total. The summed E-state index contributed by atoms with van der Waals surface area (Å²) in [5, 5.41) is 8.75. The molecule has 0 unspecified atom stereocenters. The lowest BCUT2D eigenvalue weighted by Crippen LogP contribution is -2.15. The number of rotatable bonds is 8. The zero-order valence-electron chi connectivity index (χ0n) is 35.2. The third kappa shape index (κ3) is 6.49. The van der Waals surface area contributed by atoms with Crippen molar-refractivity contribution in [2.24, 2.45) is 0 Å². The predicted molar refractivity (Wildman–Crippen MR) is 265 cm³/mol. The van der Waals surface area contributed by atoms with Crippen molar-refractivity contribution in [1.29, 1.82) is 0 Å². The standard InChI is InChI=1S/C60H36F4N2/c61-51-33-45(37-11-3-1-4-12-37)34-52(62)59(51)65(47-25-19-39-15-7-9-17-43(39)31-47)55-29-23-41-22-28-50-56(30-24-42-21-27-49(55)57(41)58(42)50)66(48-26-20-40-16-8-10-18-44(40)32-48)60-53(63)35-46(36-54(60)64)38-13-5-2-6-14-38/h1-36H. The fourth-order valence-corrected chi connectivity index (χ4v) is 9.72. The number of benzene rings is 12. The summed E-state index contributed by atoms with van der Waals surface area (Å²) < 4.78 is 67.7. The molecule has 0 fully saturated rings. The van der Waals surface area contributed by atoms with Crippen LogP contribution in [-0.2, 0) is 0 Å². The lowest BCUT2D eigenvalue weighted by Gasteiger charge is -2.30. The van der Waals surface area contributed by atoms with Gasteiger partial charge in [0.1, 0.15) is 11.4 Å². The average Bonchev–Trinajstić information content (AvgIpc) is 3.35. The first-order valence-corrected chi connectivity index (χ1v) is 21.8. The van der Waals surface area contributed by atoms with Gasteiger partial charge in [0.2, 0.25) is 0 Å². The third-order valence-electron chi connectivity index (χ3n) is 12.8. The van der Waals surface area contributed by atoms with Gasteiger partial charge < -0.3 is 9.80 Å². The lowest BCUT2D eigenvalue weighted by atomic mass is 9.91. The molecule has 0 aliphatic rings. The second-order valence-electron chi connectivity index (χ2n) is 16.6. The molecular formula is C60H36F4N2. The minimum Gasteiger partial charge on any atom is -0.305 e. The Morgan fingerprint density at radius 2 is 0.591 bits per heavy atom. The Hall–Kier alpha value is -8.48. The van der Waals surface area contributed by atoms with Crippen LogP contribution in [0.3, 0.4) is 0 Å². The van der Waals surface area contributed by atoms with E-state index in [0.717, 1.165) is 53.9 Å². The third-order valence-corrected chi connectivity index (χ3v) is 12.8. The molecule has 0 N–H and O–H groups in total. The van der Waals surface area contributed by atoms with Crippen LogP contribution < -0.4 is 9.80 Å². The lowest BCUT2D eigenvalue weighted by molar-refractivity contribution is 0.586. The highest BCUT2D eigenvalue weighted by atomic mass is 19.1. The van der Waals surface area contributed by atoms with Gasteiger partial charge >= 0.3 is 0 Å². The second-order valence-corrected chi connectivity index (χ2v) is 16.6. The number of halogens is 4. The first-order valence-electron chi connectivity index (χ1n) is 21.8. The van der Waals surface area contributed by atoms with E-state index in [1.54, 1.807) is 9.80 Å². The molecule has 12 aromatic rings. The zero-order valence-corrected chi connectivity index (χ0v) is 35.2. The Morgan fingerprint density at radius 1 is 0.258 bits per heavy atom. The van der Waals surface area contributed by atoms with Crippen molar-refractivity contribution in [3.8, 4) is 22.3 Å². The van der Waals surface area contributed by atoms with Gasteiger partial charge in [0, 0.05) is 22.1 Å². The maximum Gasteiger partial charge on any atom is 0.150 e. The van der Waals surface area contributed by atoms with Gasteiger partial charge in [0.15, 0.2) is 23.3 Å². The molecule has 0 radical (unpaired) electrons. The Bertz CT molecular complexity index is 3530. The van der Waals surface area contributed by atoms with E-state index in [0.29, 0.717) is 45.0 Å². The normalized spacial score (nSPS) is 11.6. The summed E-state index contributed by atoms with van der Waals surface area (Å²) in [4.78, 5) is 3.33. The quantitative estimate of drug-likeness (QED) is 0.111. The molecule has 12 aromatic carbocycles. The molecule has 0 aliphatic carbocycles. The number of anilines is 6. The van der Waals surface area contributed by atoms with Gasteiger partial charge in [0.25, 0.3) is 0 Å². The second kappa shape index (κ2) is 15.6. The van der Waals surface area contributed by atoms with Gasteiger partial charge in [-0.15, -0.1) is 0 Å². The maximum atomic E-state index is 16.9. The van der Waals surface area contributed by atoms with E-state index >= 15 is 17.6 Å². The average molecular weight is 861 g/mol. The van der Waals surface area contributed by atoms with E-state index in [4.69, 9.17) is 0 Å². The minimum atomic E-state index is -0.719. The highest BCUT2D eigenvalue weighted by Gasteiger charge is 2.28. The van der Waals surface area contributed by atoms with Crippen molar-refractivity contribution in [3.05, 3.63) is 242 Å². The van der Waals surface area contributed by atoms with E-state index < -0.39 is 23.3 Å². The first-order chi connectivity index (χ1) is 32.4. The first kappa shape index (κ1) is 39.1. The van der Waals surface area contributed by atoms with Crippen molar-refractivity contribution in [2.75, 3.05) is 9.80 Å². The molecule has 0 atom stereocenters. The molecule has 0 spiro atoms. The maximum absolute atomic E-state index is 16.9. The molecular weight excluding hydrogens is 825 g/mol. The fourth-order valence-electron chi connectivity index (χ4n) is 9.72. The van der Waals surface area contributed by atoms with Crippen molar-refractivity contribution in [2.45, 2.75) is 0 Å². The van der Waals surface area contributed by atoms with Crippen LogP contribution >= 0.6 is 0 Å². The largest absolute Gasteiger partial charge is 0.305 e. The molecule has 0 bridgehead atoms. The van der Waals surface area contributed by atoms with Gasteiger partial charge in [-0.2, -0.15) is 0 Å². The molecule has 0 aliphatic heterocycles. The van der Waals surface area contributed by atoms with E-state index in [1.165, 1.54) is 24.3 Å². The van der Waals surface area contributed by atoms with Gasteiger partial charge in [-0.3, -0.25) is 0 Å². The molecule has 66 heavy (non-hydrogen) atoms. The van der Waals surface area contributed by atoms with Crippen LogP contribution in [0.25, 0.3) is 76.1 Å². The van der Waals surface area contributed by atoms with Crippen LogP contribution in [-0.4, -0.2) is 0 Å². The molecule has 0 saturated carbocycles. The fraction of sp³-hybridized carbons (Fsp3) is 0. The SMILES string of the molecule is Fc1cc(-c2ccccc2)cc(F)c1N(c1ccc2ccccc2c1)c1ccc2ccc3c(N(c4ccc5ccccc5c4)c4c(F)cc(-c5ccccc5)cc4F)ccc4ccc1c2c43. The summed E-state index contributed by atoms with van der Waals surface area (Å²) in [5.41, 5.74) is 4.07. The highest BCUT2D eigenvalue weighted by Crippen LogP contribution is 2.50. The summed E-state index contributed by atoms with van der Waals surface area (Å²) in [6.45, 7) is 0. The minimum absolute atomic E-state index is 0.215. The van der Waals surface area contributed by atoms with Crippen LogP contribution in [0.4, 0.5) is 51.7 Å². The van der Waals surface area contributed by atoms with Crippen LogP contribution in [0.2, 0.25) is 0 Å². The van der Waals surface area contributed by atoms with E-state index in [1.807, 2.05) is 194 Å². The molecule has 12 rings (SSSR count). The van der Waals surface area contributed by atoms with Crippen molar-refractivity contribution < 1.29 is 17.6 Å². The van der Waals surface area contributed by atoms with Crippen molar-refractivity contribution in [1.82, 2.24) is 0 Å². The Morgan fingerprint density at radius 3 is 0.985 bits per heavy atom. The van der Waals surface area contributed by atoms with Crippen LogP contribution in [0, 0.1) is 23.3 Å². The Labute approximate surface area is 377 Å². The monoisotopic (exact) mass is 860 g/mol. The Balaban J connectivity index is 1.10. The molecule has 314 valence electrons. The highest BCUT2D eigenvalue weighted by molar-refractivity contribution is 6.28. The molecule has 6 heteroatoms.